The molecule has 0 aromatic heterocycles. The van der Waals surface area contributed by atoms with Gasteiger partial charge in [0.2, 0.25) is 0 Å². The van der Waals surface area contributed by atoms with Gasteiger partial charge in [-0.05, 0) is 6.92 Å². The molecule has 0 aromatic rings. The second-order valence-corrected chi connectivity index (χ2v) is 3.59. The number of ether oxygens (including phenoxy) is 4. The molecule has 5 heteroatoms. The summed E-state index contributed by atoms with van der Waals surface area (Å²) in [6, 6.07) is 0. The Kier molecular flexibility index (Phi) is 2.71. The van der Waals surface area contributed by atoms with Crippen molar-refractivity contribution >= 4 is 5.97 Å². The molecule has 0 radical (unpaired) electrons. The van der Waals surface area contributed by atoms with Gasteiger partial charge in [0.05, 0.1) is 5.92 Å². The van der Waals surface area contributed by atoms with Gasteiger partial charge in [0.25, 0.3) is 0 Å². The van der Waals surface area contributed by atoms with E-state index in [2.05, 4.69) is 0 Å². The molecule has 4 atom stereocenters. The molecule has 80 valence electrons. The van der Waals surface area contributed by atoms with Crippen molar-refractivity contribution in [2.24, 2.45) is 5.92 Å². The molecule has 2 rings (SSSR count). The highest BCUT2D eigenvalue weighted by molar-refractivity contribution is 5.76. The number of hydrogen-bond acceptors (Lipinski definition) is 5. The van der Waals surface area contributed by atoms with Crippen LogP contribution in [0.5, 0.6) is 0 Å². The molecule has 0 spiro atoms. The lowest BCUT2D eigenvalue weighted by Gasteiger charge is -2.15. The Labute approximate surface area is 82.3 Å². The molecule has 2 saturated heterocycles. The number of hydrogen-bond donors (Lipinski definition) is 0. The van der Waals surface area contributed by atoms with Gasteiger partial charge in [-0.25, -0.2) is 0 Å². The minimum absolute atomic E-state index is 0.149. The van der Waals surface area contributed by atoms with Crippen LogP contribution in [-0.4, -0.2) is 38.4 Å². The third-order valence-electron chi connectivity index (χ3n) is 2.59. The smallest absolute Gasteiger partial charge is 0.312 e. The number of carbonyl (C=O) groups is 1. The van der Waals surface area contributed by atoms with Crippen LogP contribution in [0.4, 0.5) is 0 Å². The number of carbonyl (C=O) groups excluding carboxylic acids is 1. The molecular weight excluding hydrogens is 188 g/mol. The lowest BCUT2D eigenvalue weighted by Crippen LogP contribution is -2.23. The fourth-order valence-corrected chi connectivity index (χ4v) is 1.92. The topological polar surface area (TPSA) is 54.0 Å². The Bertz CT molecular complexity index is 229. The number of fused-ring (bicyclic) bond motifs is 1. The third kappa shape index (κ3) is 1.63. The molecule has 0 saturated carbocycles. The van der Waals surface area contributed by atoms with Crippen LogP contribution < -0.4 is 0 Å². The molecule has 0 N–H and O–H groups in total. The first kappa shape index (κ1) is 9.89. The predicted molar refractivity (Wildman–Crippen MR) is 45.3 cm³/mol. The summed E-state index contributed by atoms with van der Waals surface area (Å²) in [5.41, 5.74) is 0. The zero-order chi connectivity index (χ0) is 10.1. The van der Waals surface area contributed by atoms with Crippen LogP contribution in [0.3, 0.4) is 0 Å². The van der Waals surface area contributed by atoms with E-state index in [0.717, 1.165) is 0 Å². The Morgan fingerprint density at radius 3 is 3.00 bits per heavy atom. The standard InChI is InChI=1S/C9H14O5/c1-5-8-6(9(10)13-5)3-7(14-8)12-4-11-2/h5-8H,3-4H2,1-2H3. The summed E-state index contributed by atoms with van der Waals surface area (Å²) in [5.74, 6) is -0.335. The zero-order valence-corrected chi connectivity index (χ0v) is 8.26. The number of rotatable bonds is 3. The molecule has 0 aliphatic carbocycles. The number of cyclic esters (lactones) is 1. The van der Waals surface area contributed by atoms with E-state index in [4.69, 9.17) is 18.9 Å². The molecule has 14 heavy (non-hydrogen) atoms. The maximum atomic E-state index is 11.3. The van der Waals surface area contributed by atoms with Gasteiger partial charge in [-0.1, -0.05) is 0 Å². The second-order valence-electron chi connectivity index (χ2n) is 3.59. The van der Waals surface area contributed by atoms with Crippen molar-refractivity contribution in [3.8, 4) is 0 Å². The van der Waals surface area contributed by atoms with Crippen LogP contribution in [0.25, 0.3) is 0 Å². The van der Waals surface area contributed by atoms with Crippen molar-refractivity contribution in [2.75, 3.05) is 13.9 Å². The van der Waals surface area contributed by atoms with Crippen molar-refractivity contribution < 1.29 is 23.7 Å². The number of esters is 1. The fourth-order valence-electron chi connectivity index (χ4n) is 1.92. The summed E-state index contributed by atoms with van der Waals surface area (Å²) in [6.45, 7) is 2.02. The maximum absolute atomic E-state index is 11.3. The first-order valence-electron chi connectivity index (χ1n) is 4.69. The molecule has 0 amide bonds. The molecule has 2 heterocycles. The van der Waals surface area contributed by atoms with Gasteiger partial charge in [0, 0.05) is 13.5 Å². The van der Waals surface area contributed by atoms with E-state index in [9.17, 15) is 4.79 Å². The summed E-state index contributed by atoms with van der Waals surface area (Å²) < 4.78 is 20.5. The molecule has 2 aliphatic heterocycles. The van der Waals surface area contributed by atoms with E-state index < -0.39 is 0 Å². The van der Waals surface area contributed by atoms with Crippen LogP contribution in [0.2, 0.25) is 0 Å². The number of methoxy groups -OCH3 is 1. The van der Waals surface area contributed by atoms with E-state index in [-0.39, 0.29) is 37.2 Å². The molecule has 2 fully saturated rings. The van der Waals surface area contributed by atoms with Gasteiger partial charge in [-0.3, -0.25) is 4.79 Å². The zero-order valence-electron chi connectivity index (χ0n) is 8.26. The summed E-state index contributed by atoms with van der Waals surface area (Å²) >= 11 is 0. The Morgan fingerprint density at radius 2 is 2.36 bits per heavy atom. The van der Waals surface area contributed by atoms with Crippen molar-refractivity contribution in [2.45, 2.75) is 31.8 Å². The average Bonchev–Trinajstić information content (AvgIpc) is 2.67. The van der Waals surface area contributed by atoms with Crippen molar-refractivity contribution in [1.29, 1.82) is 0 Å². The van der Waals surface area contributed by atoms with Crippen LogP contribution in [0.1, 0.15) is 13.3 Å². The van der Waals surface area contributed by atoms with Crippen molar-refractivity contribution in [3.63, 3.8) is 0 Å². The fraction of sp³-hybridized carbons (Fsp3) is 0.889. The first-order chi connectivity index (χ1) is 6.72. The molecule has 0 bridgehead atoms. The predicted octanol–water partition coefficient (Wildman–Crippen LogP) is 0.283. The van der Waals surface area contributed by atoms with Crippen molar-refractivity contribution in [3.05, 3.63) is 0 Å². The highest BCUT2D eigenvalue weighted by Crippen LogP contribution is 2.36. The lowest BCUT2D eigenvalue weighted by molar-refractivity contribution is -0.191. The summed E-state index contributed by atoms with van der Waals surface area (Å²) in [4.78, 5) is 11.3. The lowest BCUT2D eigenvalue weighted by atomic mass is 10.0. The van der Waals surface area contributed by atoms with Gasteiger partial charge in [0.15, 0.2) is 6.29 Å². The molecular formula is C9H14O5. The minimum Gasteiger partial charge on any atom is -0.460 e. The van der Waals surface area contributed by atoms with Crippen LogP contribution in [-0.2, 0) is 23.7 Å². The Hall–Kier alpha value is -0.650. The van der Waals surface area contributed by atoms with Gasteiger partial charge >= 0.3 is 5.97 Å². The van der Waals surface area contributed by atoms with E-state index >= 15 is 0 Å². The van der Waals surface area contributed by atoms with Crippen LogP contribution >= 0.6 is 0 Å². The Balaban J connectivity index is 1.90. The SMILES string of the molecule is COCOC1CC2C(=O)OC(C)C2O1. The van der Waals surface area contributed by atoms with Gasteiger partial charge in [0.1, 0.15) is 19.0 Å². The molecule has 0 aromatic carbocycles. The monoisotopic (exact) mass is 202 g/mol. The first-order valence-corrected chi connectivity index (χ1v) is 4.69. The normalized spacial score (nSPS) is 41.1. The van der Waals surface area contributed by atoms with E-state index in [0.29, 0.717) is 6.42 Å². The van der Waals surface area contributed by atoms with E-state index in [1.165, 1.54) is 0 Å². The quantitative estimate of drug-likeness (QED) is 0.486. The summed E-state index contributed by atoms with van der Waals surface area (Å²) in [5, 5.41) is 0. The second kappa shape index (κ2) is 3.84. The van der Waals surface area contributed by atoms with Crippen LogP contribution in [0.15, 0.2) is 0 Å². The van der Waals surface area contributed by atoms with Gasteiger partial charge in [-0.2, -0.15) is 0 Å². The van der Waals surface area contributed by atoms with Gasteiger partial charge in [-0.15, -0.1) is 0 Å². The largest absolute Gasteiger partial charge is 0.460 e. The third-order valence-corrected chi connectivity index (χ3v) is 2.59. The van der Waals surface area contributed by atoms with E-state index in [1.807, 2.05) is 6.92 Å². The molecule has 5 nitrogen and oxygen atoms in total. The van der Waals surface area contributed by atoms with E-state index in [1.54, 1.807) is 7.11 Å². The minimum atomic E-state index is -0.333. The molecule has 4 unspecified atom stereocenters. The van der Waals surface area contributed by atoms with Crippen LogP contribution in [0, 0.1) is 5.92 Å². The van der Waals surface area contributed by atoms with Gasteiger partial charge < -0.3 is 18.9 Å². The average molecular weight is 202 g/mol. The highest BCUT2D eigenvalue weighted by atomic mass is 16.8. The Morgan fingerprint density at radius 1 is 1.57 bits per heavy atom. The summed E-state index contributed by atoms with van der Waals surface area (Å²) in [7, 11) is 1.55. The maximum Gasteiger partial charge on any atom is 0.312 e. The summed E-state index contributed by atoms with van der Waals surface area (Å²) in [6.07, 6.45) is -0.0785. The van der Waals surface area contributed by atoms with Crippen molar-refractivity contribution in [1.82, 2.24) is 0 Å². The highest BCUT2D eigenvalue weighted by Gasteiger charge is 2.50. The molecule has 2 aliphatic rings.